The van der Waals surface area contributed by atoms with Gasteiger partial charge in [0, 0.05) is 20.3 Å². The maximum atomic E-state index is 11.3. The van der Waals surface area contributed by atoms with Crippen LogP contribution in [0.15, 0.2) is 12.1 Å². The Morgan fingerprint density at radius 1 is 1.37 bits per heavy atom. The fourth-order valence-corrected chi connectivity index (χ4v) is 1.38. The normalized spacial score (nSPS) is 12.6. The Kier molecular flexibility index (Phi) is 5.95. The Labute approximate surface area is 112 Å². The van der Waals surface area contributed by atoms with Crippen LogP contribution < -0.4 is 15.8 Å². The summed E-state index contributed by atoms with van der Waals surface area (Å²) < 4.78 is 14.4. The first-order valence-electron chi connectivity index (χ1n) is 5.95. The molecule has 2 rings (SSSR count). The van der Waals surface area contributed by atoms with E-state index in [1.807, 2.05) is 0 Å². The van der Waals surface area contributed by atoms with Gasteiger partial charge in [-0.15, -0.1) is 0 Å². The number of ether oxygens (including phenoxy) is 3. The summed E-state index contributed by atoms with van der Waals surface area (Å²) in [4.78, 5) is 11.3. The zero-order chi connectivity index (χ0) is 14.3. The van der Waals surface area contributed by atoms with Gasteiger partial charge in [-0.2, -0.15) is 0 Å². The van der Waals surface area contributed by atoms with E-state index in [0.29, 0.717) is 22.7 Å². The van der Waals surface area contributed by atoms with Crippen molar-refractivity contribution in [2.24, 2.45) is 0 Å². The first-order valence-corrected chi connectivity index (χ1v) is 5.95. The molecule has 1 aliphatic rings. The van der Waals surface area contributed by atoms with Gasteiger partial charge in [-0.1, -0.05) is 0 Å². The highest BCUT2D eigenvalue weighted by atomic mass is 16.5. The molecule has 106 valence electrons. The van der Waals surface area contributed by atoms with Crippen LogP contribution in [0.4, 0.5) is 11.4 Å². The smallest absolute Gasteiger partial charge is 0.338 e. The van der Waals surface area contributed by atoms with Gasteiger partial charge >= 0.3 is 5.97 Å². The van der Waals surface area contributed by atoms with Crippen molar-refractivity contribution in [2.45, 2.75) is 6.42 Å². The molecule has 0 radical (unpaired) electrons. The van der Waals surface area contributed by atoms with Crippen molar-refractivity contribution in [3.63, 3.8) is 0 Å². The molecule has 0 unspecified atom stereocenters. The van der Waals surface area contributed by atoms with E-state index in [9.17, 15) is 4.79 Å². The summed E-state index contributed by atoms with van der Waals surface area (Å²) in [7, 11) is 4.53. The molecule has 6 heteroatoms. The van der Waals surface area contributed by atoms with Gasteiger partial charge < -0.3 is 25.3 Å². The minimum absolute atomic E-state index is 0.396. The van der Waals surface area contributed by atoms with Gasteiger partial charge in [0.15, 0.2) is 0 Å². The molecule has 0 amide bonds. The summed E-state index contributed by atoms with van der Waals surface area (Å²) in [5.74, 6) is 0.0204. The first-order chi connectivity index (χ1) is 9.13. The Bertz CT molecular complexity index is 402. The number of esters is 1. The molecule has 1 saturated heterocycles. The second kappa shape index (κ2) is 7.48. The minimum Gasteiger partial charge on any atom is -0.494 e. The minimum atomic E-state index is -0.426. The molecule has 0 spiro atoms. The van der Waals surface area contributed by atoms with Crippen molar-refractivity contribution in [3.8, 4) is 5.75 Å². The number of carbonyl (C=O) groups is 1. The second-order valence-corrected chi connectivity index (χ2v) is 3.85. The highest BCUT2D eigenvalue weighted by Gasteiger charge is 2.12. The van der Waals surface area contributed by atoms with Gasteiger partial charge in [0.1, 0.15) is 5.75 Å². The highest BCUT2D eigenvalue weighted by molar-refractivity contribution is 5.93. The summed E-state index contributed by atoms with van der Waals surface area (Å²) >= 11 is 0. The molecule has 0 aliphatic carbocycles. The Hall–Kier alpha value is -1.95. The Morgan fingerprint density at radius 3 is 2.32 bits per heavy atom. The molecule has 19 heavy (non-hydrogen) atoms. The SMILES string of the molecule is C1COC1.CNc1cc(C(=O)OC)cc(OC)c1N. The quantitative estimate of drug-likeness (QED) is 0.638. The number of nitrogen functional groups attached to an aromatic ring is 1. The van der Waals surface area contributed by atoms with Gasteiger partial charge in [-0.3, -0.25) is 0 Å². The largest absolute Gasteiger partial charge is 0.494 e. The molecule has 0 bridgehead atoms. The number of nitrogens with one attached hydrogen (secondary N) is 1. The van der Waals surface area contributed by atoms with E-state index in [4.69, 9.17) is 15.2 Å². The van der Waals surface area contributed by atoms with Crippen molar-refractivity contribution < 1.29 is 19.0 Å². The van der Waals surface area contributed by atoms with Crippen molar-refractivity contribution in [1.29, 1.82) is 0 Å². The number of benzene rings is 1. The van der Waals surface area contributed by atoms with Crippen molar-refractivity contribution >= 4 is 17.3 Å². The molecule has 0 aromatic heterocycles. The van der Waals surface area contributed by atoms with E-state index in [0.717, 1.165) is 13.2 Å². The van der Waals surface area contributed by atoms with Crippen LogP contribution in [0.25, 0.3) is 0 Å². The monoisotopic (exact) mass is 268 g/mol. The number of hydrogen-bond acceptors (Lipinski definition) is 6. The lowest BCUT2D eigenvalue weighted by Crippen LogP contribution is -2.09. The van der Waals surface area contributed by atoms with E-state index in [2.05, 4.69) is 10.1 Å². The summed E-state index contributed by atoms with van der Waals surface area (Å²) in [5.41, 5.74) is 7.27. The summed E-state index contributed by atoms with van der Waals surface area (Å²) in [5, 5.41) is 2.88. The Morgan fingerprint density at radius 2 is 1.95 bits per heavy atom. The van der Waals surface area contributed by atoms with Gasteiger partial charge in [-0.25, -0.2) is 4.79 Å². The van der Waals surface area contributed by atoms with Crippen molar-refractivity contribution in [2.75, 3.05) is 45.5 Å². The molecule has 1 heterocycles. The molecule has 0 atom stereocenters. The standard InChI is InChI=1S/C10H14N2O3.C3H6O/c1-12-7-4-6(10(13)15-3)5-8(14-2)9(7)11;1-2-4-3-1/h4-5,12H,11H2,1-3H3;1-3H2. The zero-order valence-electron chi connectivity index (χ0n) is 11.5. The van der Waals surface area contributed by atoms with Gasteiger partial charge in [0.05, 0.1) is 31.2 Å². The van der Waals surface area contributed by atoms with Crippen molar-refractivity contribution in [3.05, 3.63) is 17.7 Å². The molecule has 3 N–H and O–H groups in total. The molecule has 0 saturated carbocycles. The number of hydrogen-bond donors (Lipinski definition) is 2. The van der Waals surface area contributed by atoms with Crippen LogP contribution >= 0.6 is 0 Å². The molecule has 1 aromatic rings. The average Bonchev–Trinajstić information content (AvgIpc) is 2.36. The highest BCUT2D eigenvalue weighted by Crippen LogP contribution is 2.31. The summed E-state index contributed by atoms with van der Waals surface area (Å²) in [6.45, 7) is 2.00. The van der Waals surface area contributed by atoms with Crippen LogP contribution in [0.5, 0.6) is 5.75 Å². The third-order valence-corrected chi connectivity index (χ3v) is 2.63. The van der Waals surface area contributed by atoms with Crippen LogP contribution in [0.1, 0.15) is 16.8 Å². The third-order valence-electron chi connectivity index (χ3n) is 2.63. The third kappa shape index (κ3) is 4.03. The number of rotatable bonds is 3. The van der Waals surface area contributed by atoms with Gasteiger partial charge in [0.2, 0.25) is 0 Å². The fourth-order valence-electron chi connectivity index (χ4n) is 1.38. The topological polar surface area (TPSA) is 82.8 Å². The molecule has 1 fully saturated rings. The number of carbonyl (C=O) groups excluding carboxylic acids is 1. The predicted octanol–water partition coefficient (Wildman–Crippen LogP) is 1.51. The number of methoxy groups -OCH3 is 2. The van der Waals surface area contributed by atoms with E-state index >= 15 is 0 Å². The zero-order valence-corrected chi connectivity index (χ0v) is 11.5. The maximum Gasteiger partial charge on any atom is 0.338 e. The maximum absolute atomic E-state index is 11.3. The molecular formula is C13H20N2O4. The number of nitrogens with two attached hydrogens (primary N) is 1. The lowest BCUT2D eigenvalue weighted by atomic mass is 10.1. The van der Waals surface area contributed by atoms with Crippen LogP contribution in [-0.2, 0) is 9.47 Å². The van der Waals surface area contributed by atoms with Crippen LogP contribution in [0, 0.1) is 0 Å². The van der Waals surface area contributed by atoms with E-state index in [1.165, 1.54) is 20.6 Å². The summed E-state index contributed by atoms with van der Waals surface area (Å²) in [6.07, 6.45) is 1.28. The lowest BCUT2D eigenvalue weighted by Gasteiger charge is -2.11. The predicted molar refractivity (Wildman–Crippen MR) is 73.7 cm³/mol. The Balaban J connectivity index is 0.000000382. The molecule has 1 aliphatic heterocycles. The van der Waals surface area contributed by atoms with Crippen LogP contribution in [-0.4, -0.2) is 40.5 Å². The lowest BCUT2D eigenvalue weighted by molar-refractivity contribution is 0.0367. The van der Waals surface area contributed by atoms with Crippen molar-refractivity contribution in [1.82, 2.24) is 0 Å². The van der Waals surface area contributed by atoms with E-state index in [-0.39, 0.29) is 0 Å². The van der Waals surface area contributed by atoms with E-state index < -0.39 is 5.97 Å². The molecule has 6 nitrogen and oxygen atoms in total. The number of anilines is 2. The van der Waals surface area contributed by atoms with E-state index in [1.54, 1.807) is 19.2 Å². The average molecular weight is 268 g/mol. The molecular weight excluding hydrogens is 248 g/mol. The van der Waals surface area contributed by atoms with Gasteiger partial charge in [0.25, 0.3) is 0 Å². The second-order valence-electron chi connectivity index (χ2n) is 3.85. The van der Waals surface area contributed by atoms with Gasteiger partial charge in [-0.05, 0) is 18.6 Å². The first kappa shape index (κ1) is 15.1. The van der Waals surface area contributed by atoms with Crippen LogP contribution in [0.2, 0.25) is 0 Å². The fraction of sp³-hybridized carbons (Fsp3) is 0.462. The molecule has 1 aromatic carbocycles. The van der Waals surface area contributed by atoms with Crippen LogP contribution in [0.3, 0.4) is 0 Å². The summed E-state index contributed by atoms with van der Waals surface area (Å²) in [6, 6.07) is 3.16.